The summed E-state index contributed by atoms with van der Waals surface area (Å²) in [4.78, 5) is 0. The van der Waals surface area contributed by atoms with E-state index in [1.807, 2.05) is 31.2 Å². The molecule has 0 radical (unpaired) electrons. The number of hydrogen-bond acceptors (Lipinski definition) is 3. The lowest BCUT2D eigenvalue weighted by Gasteiger charge is -2.15. The van der Waals surface area contributed by atoms with Crippen LogP contribution in [0.2, 0.25) is 0 Å². The van der Waals surface area contributed by atoms with Crippen molar-refractivity contribution in [3.05, 3.63) is 36.4 Å². The van der Waals surface area contributed by atoms with Gasteiger partial charge in [0, 0.05) is 7.11 Å². The Morgan fingerprint density at radius 2 is 1.94 bits per heavy atom. The highest BCUT2D eigenvalue weighted by molar-refractivity contribution is 5.48. The predicted molar refractivity (Wildman–Crippen MR) is 64.5 cm³/mol. The third-order valence-electron chi connectivity index (χ3n) is 2.06. The fourth-order valence-electron chi connectivity index (χ4n) is 1.21. The van der Waals surface area contributed by atoms with Crippen LogP contribution in [0.25, 0.3) is 6.08 Å². The zero-order chi connectivity index (χ0) is 11.8. The Kier molecular flexibility index (Phi) is 5.61. The standard InChI is InChI=1S/C13H18O3/c1-4-12-5-7-13(8-6-12)16-11(2)15-10-9-14-3/h4-8,11H,1,9-10H2,2-3H3. The van der Waals surface area contributed by atoms with Gasteiger partial charge in [-0.2, -0.15) is 0 Å². The number of benzene rings is 1. The summed E-state index contributed by atoms with van der Waals surface area (Å²) in [6, 6.07) is 7.69. The average Bonchev–Trinajstić information content (AvgIpc) is 2.30. The molecule has 88 valence electrons. The van der Waals surface area contributed by atoms with Crippen LogP contribution in [0.4, 0.5) is 0 Å². The van der Waals surface area contributed by atoms with E-state index in [2.05, 4.69) is 6.58 Å². The molecule has 0 bridgehead atoms. The molecule has 0 fully saturated rings. The third-order valence-corrected chi connectivity index (χ3v) is 2.06. The molecule has 0 saturated carbocycles. The molecular formula is C13H18O3. The second-order valence-corrected chi connectivity index (χ2v) is 3.32. The Bertz CT molecular complexity index is 305. The second kappa shape index (κ2) is 7.04. The Morgan fingerprint density at radius 3 is 2.50 bits per heavy atom. The van der Waals surface area contributed by atoms with Crippen LogP contribution in [0.5, 0.6) is 5.75 Å². The van der Waals surface area contributed by atoms with Crippen molar-refractivity contribution in [2.75, 3.05) is 20.3 Å². The minimum absolute atomic E-state index is 0.273. The van der Waals surface area contributed by atoms with E-state index in [9.17, 15) is 0 Å². The van der Waals surface area contributed by atoms with E-state index >= 15 is 0 Å². The molecule has 3 heteroatoms. The second-order valence-electron chi connectivity index (χ2n) is 3.32. The molecule has 16 heavy (non-hydrogen) atoms. The molecule has 0 amide bonds. The van der Waals surface area contributed by atoms with Crippen molar-refractivity contribution in [3.8, 4) is 5.75 Å². The number of hydrogen-bond donors (Lipinski definition) is 0. The summed E-state index contributed by atoms with van der Waals surface area (Å²) in [7, 11) is 1.64. The summed E-state index contributed by atoms with van der Waals surface area (Å²) in [5.74, 6) is 0.788. The van der Waals surface area contributed by atoms with Gasteiger partial charge in [0.1, 0.15) is 5.75 Å². The minimum atomic E-state index is -0.273. The summed E-state index contributed by atoms with van der Waals surface area (Å²) in [6.07, 6.45) is 1.52. The molecule has 1 rings (SSSR count). The normalized spacial score (nSPS) is 12.1. The summed E-state index contributed by atoms with van der Waals surface area (Å²) < 4.78 is 15.8. The minimum Gasteiger partial charge on any atom is -0.465 e. The molecule has 3 nitrogen and oxygen atoms in total. The molecule has 1 aromatic rings. The maximum Gasteiger partial charge on any atom is 0.197 e. The molecule has 1 aromatic carbocycles. The highest BCUT2D eigenvalue weighted by atomic mass is 16.7. The number of ether oxygens (including phenoxy) is 3. The maximum absolute atomic E-state index is 5.55. The van der Waals surface area contributed by atoms with Crippen LogP contribution in [0.1, 0.15) is 12.5 Å². The van der Waals surface area contributed by atoms with E-state index in [0.29, 0.717) is 13.2 Å². The van der Waals surface area contributed by atoms with Crippen LogP contribution in [0, 0.1) is 0 Å². The molecular weight excluding hydrogens is 204 g/mol. The third kappa shape index (κ3) is 4.47. The van der Waals surface area contributed by atoms with Gasteiger partial charge in [-0.25, -0.2) is 0 Å². The van der Waals surface area contributed by atoms with Gasteiger partial charge < -0.3 is 14.2 Å². The van der Waals surface area contributed by atoms with Crippen LogP contribution in [0.15, 0.2) is 30.8 Å². The molecule has 1 atom stereocenters. The van der Waals surface area contributed by atoms with Crippen molar-refractivity contribution in [2.24, 2.45) is 0 Å². The Morgan fingerprint density at radius 1 is 1.25 bits per heavy atom. The first kappa shape index (κ1) is 12.7. The molecule has 0 heterocycles. The van der Waals surface area contributed by atoms with E-state index in [-0.39, 0.29) is 6.29 Å². The van der Waals surface area contributed by atoms with Crippen molar-refractivity contribution in [1.82, 2.24) is 0 Å². The molecule has 0 aromatic heterocycles. The van der Waals surface area contributed by atoms with Crippen molar-refractivity contribution in [3.63, 3.8) is 0 Å². The van der Waals surface area contributed by atoms with Crippen LogP contribution in [-0.2, 0) is 9.47 Å². The van der Waals surface area contributed by atoms with Gasteiger partial charge in [-0.1, -0.05) is 24.8 Å². The monoisotopic (exact) mass is 222 g/mol. The lowest BCUT2D eigenvalue weighted by molar-refractivity contribution is -0.0796. The predicted octanol–water partition coefficient (Wildman–Crippen LogP) is 2.72. The molecule has 0 saturated heterocycles. The first-order valence-electron chi connectivity index (χ1n) is 5.26. The largest absolute Gasteiger partial charge is 0.465 e. The summed E-state index contributed by atoms with van der Waals surface area (Å²) in [5, 5.41) is 0. The van der Waals surface area contributed by atoms with Crippen LogP contribution in [-0.4, -0.2) is 26.6 Å². The van der Waals surface area contributed by atoms with Gasteiger partial charge in [-0.3, -0.25) is 0 Å². The molecule has 0 spiro atoms. The lowest BCUT2D eigenvalue weighted by atomic mass is 10.2. The Labute approximate surface area is 96.6 Å². The van der Waals surface area contributed by atoms with Gasteiger partial charge in [0.2, 0.25) is 0 Å². The highest BCUT2D eigenvalue weighted by Gasteiger charge is 2.03. The average molecular weight is 222 g/mol. The first-order chi connectivity index (χ1) is 7.76. The van der Waals surface area contributed by atoms with Crippen LogP contribution < -0.4 is 4.74 Å². The first-order valence-corrected chi connectivity index (χ1v) is 5.26. The molecule has 0 aliphatic heterocycles. The van der Waals surface area contributed by atoms with Crippen molar-refractivity contribution >= 4 is 6.08 Å². The fraction of sp³-hybridized carbons (Fsp3) is 0.385. The Balaban J connectivity index is 2.37. The van der Waals surface area contributed by atoms with Crippen molar-refractivity contribution in [2.45, 2.75) is 13.2 Å². The maximum atomic E-state index is 5.55. The van der Waals surface area contributed by atoms with Gasteiger partial charge in [0.25, 0.3) is 0 Å². The molecule has 0 N–H and O–H groups in total. The number of methoxy groups -OCH3 is 1. The Hall–Kier alpha value is -1.32. The zero-order valence-corrected chi connectivity index (χ0v) is 9.81. The summed E-state index contributed by atoms with van der Waals surface area (Å²) in [5.41, 5.74) is 1.07. The van der Waals surface area contributed by atoms with Crippen LogP contribution >= 0.6 is 0 Å². The fourth-order valence-corrected chi connectivity index (χ4v) is 1.21. The van der Waals surface area contributed by atoms with Gasteiger partial charge >= 0.3 is 0 Å². The SMILES string of the molecule is C=Cc1ccc(OC(C)OCCOC)cc1. The van der Waals surface area contributed by atoms with Crippen molar-refractivity contribution in [1.29, 1.82) is 0 Å². The van der Waals surface area contributed by atoms with Gasteiger partial charge in [0.05, 0.1) is 13.2 Å². The smallest absolute Gasteiger partial charge is 0.197 e. The number of rotatable bonds is 7. The molecule has 0 aliphatic carbocycles. The molecule has 0 aliphatic rings. The van der Waals surface area contributed by atoms with Crippen molar-refractivity contribution < 1.29 is 14.2 Å². The van der Waals surface area contributed by atoms with E-state index in [0.717, 1.165) is 11.3 Å². The lowest BCUT2D eigenvalue weighted by Crippen LogP contribution is -2.18. The van der Waals surface area contributed by atoms with Gasteiger partial charge in [0.15, 0.2) is 6.29 Å². The van der Waals surface area contributed by atoms with E-state index in [1.54, 1.807) is 13.2 Å². The molecule has 1 unspecified atom stereocenters. The van der Waals surface area contributed by atoms with Gasteiger partial charge in [-0.15, -0.1) is 0 Å². The quantitative estimate of drug-likeness (QED) is 0.524. The summed E-state index contributed by atoms with van der Waals surface area (Å²) >= 11 is 0. The van der Waals surface area contributed by atoms with E-state index in [4.69, 9.17) is 14.2 Å². The topological polar surface area (TPSA) is 27.7 Å². The van der Waals surface area contributed by atoms with E-state index < -0.39 is 0 Å². The van der Waals surface area contributed by atoms with E-state index in [1.165, 1.54) is 0 Å². The van der Waals surface area contributed by atoms with Gasteiger partial charge in [-0.05, 0) is 24.6 Å². The zero-order valence-electron chi connectivity index (χ0n) is 9.81. The van der Waals surface area contributed by atoms with Crippen LogP contribution in [0.3, 0.4) is 0 Å². The summed E-state index contributed by atoms with van der Waals surface area (Å²) in [6.45, 7) is 6.65. The highest BCUT2D eigenvalue weighted by Crippen LogP contribution is 2.14.